The number of amides is 1. The van der Waals surface area contributed by atoms with Gasteiger partial charge in [0, 0.05) is 49.2 Å². The molecule has 34 heavy (non-hydrogen) atoms. The van der Waals surface area contributed by atoms with Gasteiger partial charge in [0.05, 0.1) is 0 Å². The quantitative estimate of drug-likeness (QED) is 0.711. The van der Waals surface area contributed by atoms with E-state index in [1.54, 1.807) is 12.4 Å². The number of hydrogen-bond donors (Lipinski definition) is 2. The van der Waals surface area contributed by atoms with Crippen molar-refractivity contribution in [3.05, 3.63) is 30.0 Å². The van der Waals surface area contributed by atoms with E-state index in [0.29, 0.717) is 23.8 Å². The minimum Gasteiger partial charge on any atom is -0.352 e. The fraction of sp³-hybridized carbons (Fsp3) is 0.500. The molecule has 3 aliphatic heterocycles. The van der Waals surface area contributed by atoms with E-state index in [2.05, 4.69) is 54.5 Å². The number of rotatable bonds is 4. The van der Waals surface area contributed by atoms with Crippen molar-refractivity contribution in [1.82, 2.24) is 25.5 Å². The van der Waals surface area contributed by atoms with Crippen LogP contribution in [0.5, 0.6) is 0 Å². The predicted octanol–water partition coefficient (Wildman–Crippen LogP) is 2.32. The van der Waals surface area contributed by atoms with Crippen molar-refractivity contribution in [2.75, 3.05) is 28.2 Å². The standard InChI is InChI=1S/C24H29N9O/c1-14-12-32(13-15(2)27-14)20-8-7-19(30-31-20)28-24-26-11-18-17-9-10-25-23(34)21(17)33(22(18)29-24)16-5-3-4-6-16/h7-11,14-16,21,27H,3-6,12-13H2,1-2H3,(H,26,28,29,30). The maximum absolute atomic E-state index is 12.7. The average Bonchev–Trinajstić information content (AvgIpc) is 3.45. The van der Waals surface area contributed by atoms with Crippen molar-refractivity contribution in [2.24, 2.45) is 4.99 Å². The van der Waals surface area contributed by atoms with Crippen LogP contribution in [0.2, 0.25) is 0 Å². The SMILES string of the molecule is CC1CN(c2ccc(Nc3ncc4c(n3)N(C3CCCC3)C3C(=O)N=CC=C43)nn2)CC(C)N1. The first-order valence-electron chi connectivity index (χ1n) is 12.1. The lowest BCUT2D eigenvalue weighted by atomic mass is 10.0. The van der Waals surface area contributed by atoms with Gasteiger partial charge in [-0.2, -0.15) is 4.98 Å². The van der Waals surface area contributed by atoms with E-state index in [4.69, 9.17) is 4.98 Å². The molecule has 5 heterocycles. The molecular weight excluding hydrogens is 430 g/mol. The van der Waals surface area contributed by atoms with Crippen LogP contribution in [0.4, 0.5) is 23.4 Å². The van der Waals surface area contributed by atoms with Gasteiger partial charge < -0.3 is 20.4 Å². The minimum atomic E-state index is -0.393. The molecule has 1 amide bonds. The van der Waals surface area contributed by atoms with Gasteiger partial charge in [-0.3, -0.25) is 4.79 Å². The molecule has 0 bridgehead atoms. The van der Waals surface area contributed by atoms with E-state index >= 15 is 0 Å². The van der Waals surface area contributed by atoms with E-state index < -0.39 is 6.04 Å². The molecule has 1 aliphatic carbocycles. The highest BCUT2D eigenvalue weighted by atomic mass is 16.1. The molecule has 3 atom stereocenters. The lowest BCUT2D eigenvalue weighted by Gasteiger charge is -2.36. The highest BCUT2D eigenvalue weighted by Crippen LogP contribution is 2.44. The zero-order chi connectivity index (χ0) is 23.2. The minimum absolute atomic E-state index is 0.130. The van der Waals surface area contributed by atoms with Gasteiger partial charge in [-0.05, 0) is 50.5 Å². The smallest absolute Gasteiger partial charge is 0.273 e. The van der Waals surface area contributed by atoms with Gasteiger partial charge in [-0.15, -0.1) is 10.2 Å². The van der Waals surface area contributed by atoms with Crippen LogP contribution in [0.3, 0.4) is 0 Å². The number of nitrogens with one attached hydrogen (secondary N) is 2. The molecule has 1 saturated carbocycles. The van der Waals surface area contributed by atoms with Crippen LogP contribution in [0.25, 0.3) is 5.57 Å². The summed E-state index contributed by atoms with van der Waals surface area (Å²) in [5, 5.41) is 15.5. The number of aromatic nitrogens is 4. The van der Waals surface area contributed by atoms with Crippen LogP contribution in [0, 0.1) is 0 Å². The number of hydrogen-bond acceptors (Lipinski definition) is 9. The Hall–Kier alpha value is -3.40. The number of fused-ring (bicyclic) bond motifs is 3. The van der Waals surface area contributed by atoms with Crippen molar-refractivity contribution in [3.8, 4) is 0 Å². The first kappa shape index (κ1) is 21.2. The number of dihydropyridines is 1. The van der Waals surface area contributed by atoms with Gasteiger partial charge in [0.15, 0.2) is 11.6 Å². The highest BCUT2D eigenvalue weighted by molar-refractivity contribution is 6.13. The molecule has 1 saturated heterocycles. The van der Waals surface area contributed by atoms with Crippen molar-refractivity contribution < 1.29 is 4.79 Å². The van der Waals surface area contributed by atoms with Crippen LogP contribution in [0.15, 0.2) is 29.4 Å². The molecule has 10 nitrogen and oxygen atoms in total. The van der Waals surface area contributed by atoms with E-state index in [0.717, 1.165) is 48.7 Å². The molecular formula is C24H29N9O. The first-order valence-corrected chi connectivity index (χ1v) is 12.1. The summed E-state index contributed by atoms with van der Waals surface area (Å²) in [4.78, 5) is 30.5. The Kier molecular flexibility index (Phi) is 5.24. The summed E-state index contributed by atoms with van der Waals surface area (Å²) in [7, 11) is 0. The third-order valence-electron chi connectivity index (χ3n) is 7.08. The number of nitrogens with zero attached hydrogens (tertiary/aromatic N) is 7. The second kappa shape index (κ2) is 8.43. The second-order valence-electron chi connectivity index (χ2n) is 9.69. The summed E-state index contributed by atoms with van der Waals surface area (Å²) >= 11 is 0. The molecule has 176 valence electrons. The van der Waals surface area contributed by atoms with E-state index in [9.17, 15) is 4.79 Å². The first-order chi connectivity index (χ1) is 16.6. The normalized spacial score (nSPS) is 26.5. The monoisotopic (exact) mass is 459 g/mol. The molecule has 2 aromatic rings. The fourth-order valence-electron chi connectivity index (χ4n) is 5.70. The molecule has 2 aromatic heterocycles. The third kappa shape index (κ3) is 3.71. The highest BCUT2D eigenvalue weighted by Gasteiger charge is 2.45. The Morgan fingerprint density at radius 1 is 1.09 bits per heavy atom. The Morgan fingerprint density at radius 3 is 2.62 bits per heavy atom. The molecule has 3 unspecified atom stereocenters. The maximum Gasteiger partial charge on any atom is 0.273 e. The van der Waals surface area contributed by atoms with Gasteiger partial charge in [0.25, 0.3) is 5.91 Å². The number of carbonyl (C=O) groups excluding carboxylic acids is 1. The van der Waals surface area contributed by atoms with E-state index in [1.807, 2.05) is 18.2 Å². The molecule has 10 heteroatoms. The summed E-state index contributed by atoms with van der Waals surface area (Å²) in [5.41, 5.74) is 1.85. The number of piperazine rings is 1. The number of aliphatic imine (C=N–C) groups is 1. The summed E-state index contributed by atoms with van der Waals surface area (Å²) in [6.07, 6.45) is 9.76. The Balaban J connectivity index is 1.25. The van der Waals surface area contributed by atoms with Crippen LogP contribution < -0.4 is 20.4 Å². The zero-order valence-electron chi connectivity index (χ0n) is 19.5. The van der Waals surface area contributed by atoms with Gasteiger partial charge in [0.2, 0.25) is 5.95 Å². The molecule has 4 aliphatic rings. The molecule has 0 aromatic carbocycles. The summed E-state index contributed by atoms with van der Waals surface area (Å²) in [5.74, 6) is 2.56. The van der Waals surface area contributed by atoms with Gasteiger partial charge in [-0.1, -0.05) is 12.8 Å². The van der Waals surface area contributed by atoms with Gasteiger partial charge >= 0.3 is 0 Å². The number of carbonyl (C=O) groups is 1. The number of allylic oxidation sites excluding steroid dienone is 1. The van der Waals surface area contributed by atoms with Crippen LogP contribution >= 0.6 is 0 Å². The second-order valence-corrected chi connectivity index (χ2v) is 9.69. The van der Waals surface area contributed by atoms with Crippen LogP contribution in [0.1, 0.15) is 45.1 Å². The Bertz CT molecular complexity index is 1150. The van der Waals surface area contributed by atoms with E-state index in [-0.39, 0.29) is 11.9 Å². The summed E-state index contributed by atoms with van der Waals surface area (Å²) < 4.78 is 0. The topological polar surface area (TPSA) is 112 Å². The Morgan fingerprint density at radius 2 is 1.88 bits per heavy atom. The average molecular weight is 460 g/mol. The third-order valence-corrected chi connectivity index (χ3v) is 7.08. The zero-order valence-corrected chi connectivity index (χ0v) is 19.5. The van der Waals surface area contributed by atoms with Gasteiger partial charge in [-0.25, -0.2) is 9.98 Å². The van der Waals surface area contributed by atoms with Crippen molar-refractivity contribution in [1.29, 1.82) is 0 Å². The maximum atomic E-state index is 12.7. The fourth-order valence-corrected chi connectivity index (χ4v) is 5.70. The van der Waals surface area contributed by atoms with Crippen LogP contribution in [-0.4, -0.2) is 69.5 Å². The molecule has 0 spiro atoms. The van der Waals surface area contributed by atoms with Gasteiger partial charge in [0.1, 0.15) is 11.9 Å². The summed E-state index contributed by atoms with van der Waals surface area (Å²) in [6, 6.07) is 4.59. The molecule has 2 N–H and O–H groups in total. The molecule has 6 rings (SSSR count). The Labute approximate surface area is 198 Å². The van der Waals surface area contributed by atoms with Crippen molar-refractivity contribution >= 4 is 41.1 Å². The predicted molar refractivity (Wildman–Crippen MR) is 132 cm³/mol. The van der Waals surface area contributed by atoms with E-state index in [1.165, 1.54) is 12.8 Å². The van der Waals surface area contributed by atoms with Crippen LogP contribution in [-0.2, 0) is 4.79 Å². The molecule has 0 radical (unpaired) electrons. The summed E-state index contributed by atoms with van der Waals surface area (Å²) in [6.45, 7) is 6.15. The lowest BCUT2D eigenvalue weighted by molar-refractivity contribution is -0.118. The molecule has 2 fully saturated rings. The lowest BCUT2D eigenvalue weighted by Crippen LogP contribution is -2.54. The largest absolute Gasteiger partial charge is 0.352 e. The van der Waals surface area contributed by atoms with Crippen molar-refractivity contribution in [3.63, 3.8) is 0 Å². The van der Waals surface area contributed by atoms with Crippen molar-refractivity contribution in [2.45, 2.75) is 63.7 Å². The number of anilines is 4.